The average Bonchev–Trinajstić information content (AvgIpc) is 3.63. The van der Waals surface area contributed by atoms with Gasteiger partial charge >= 0.3 is 11.9 Å². The summed E-state index contributed by atoms with van der Waals surface area (Å²) in [4.78, 5) is 31.8. The minimum Gasteiger partial charge on any atom is -0.488 e. The summed E-state index contributed by atoms with van der Waals surface area (Å²) in [5, 5.41) is 63.2. The van der Waals surface area contributed by atoms with Gasteiger partial charge in [-0.05, 0) is 81.1 Å². The molecule has 0 bridgehead atoms. The van der Waals surface area contributed by atoms with Gasteiger partial charge in [-0.2, -0.15) is 10.5 Å². The van der Waals surface area contributed by atoms with Gasteiger partial charge in [-0.25, -0.2) is 0 Å². The number of hydrogen-bond donors (Lipinski definition) is 6. The van der Waals surface area contributed by atoms with Crippen molar-refractivity contribution in [2.75, 3.05) is 13.2 Å². The molecule has 0 spiro atoms. The van der Waals surface area contributed by atoms with Gasteiger partial charge in [0, 0.05) is 108 Å². The Morgan fingerprint density at radius 3 is 1.57 bits per heavy atom. The van der Waals surface area contributed by atoms with Crippen molar-refractivity contribution in [3.63, 3.8) is 0 Å². The van der Waals surface area contributed by atoms with E-state index in [1.165, 1.54) is 12.4 Å². The summed E-state index contributed by atoms with van der Waals surface area (Å²) in [6, 6.07) is 19.9. The van der Waals surface area contributed by atoms with Crippen LogP contribution in [0, 0.1) is 43.4 Å². The van der Waals surface area contributed by atoms with Crippen LogP contribution in [0.15, 0.2) is 85.5 Å². The van der Waals surface area contributed by atoms with E-state index in [4.69, 9.17) is 42.1 Å². The van der Waals surface area contributed by atoms with E-state index < -0.39 is 24.0 Å². The van der Waals surface area contributed by atoms with Crippen LogP contribution in [0.4, 0.5) is 0 Å². The fraction of sp³-hybridized carbons (Fsp3) is 0.294. The third-order valence-corrected chi connectivity index (χ3v) is 11.9. The normalized spacial score (nSPS) is 11.8. The quantitative estimate of drug-likeness (QED) is 0.0326. The molecule has 0 radical (unpaired) electrons. The Balaban J connectivity index is 1.21. The van der Waals surface area contributed by atoms with E-state index in [0.717, 1.165) is 33.8 Å². The number of rotatable bonds is 25. The number of nitrogens with zero attached hydrogens (tertiary/aromatic N) is 5. The molecule has 364 valence electrons. The lowest BCUT2D eigenvalue weighted by Crippen LogP contribution is -2.37. The van der Waals surface area contributed by atoms with Gasteiger partial charge < -0.3 is 54.6 Å². The molecule has 0 aliphatic carbocycles. The second-order valence-electron chi connectivity index (χ2n) is 16.2. The van der Waals surface area contributed by atoms with Gasteiger partial charge in [0.1, 0.15) is 73.6 Å². The number of aromatic nitrogens is 3. The molecule has 3 aromatic carbocycles. The van der Waals surface area contributed by atoms with Gasteiger partial charge in [0.2, 0.25) is 0 Å². The van der Waals surface area contributed by atoms with Crippen LogP contribution >= 0.6 is 23.2 Å². The molecule has 0 aliphatic rings. The minimum absolute atomic E-state index is 0.00264. The van der Waals surface area contributed by atoms with Crippen molar-refractivity contribution < 1.29 is 49.0 Å². The number of aliphatic carboxylic acids is 2. The summed E-state index contributed by atoms with van der Waals surface area (Å²) in [6.45, 7) is 5.81. The number of benzene rings is 3. The van der Waals surface area contributed by atoms with Crippen molar-refractivity contribution >= 4 is 35.1 Å². The van der Waals surface area contributed by atoms with Gasteiger partial charge in [0.25, 0.3) is 0 Å². The summed E-state index contributed by atoms with van der Waals surface area (Å²) < 4.78 is 27.2. The molecule has 0 aliphatic heterocycles. The second kappa shape index (κ2) is 24.9. The largest absolute Gasteiger partial charge is 0.488 e. The van der Waals surface area contributed by atoms with Crippen LogP contribution in [0.25, 0.3) is 5.69 Å². The smallest absolute Gasteiger partial charge is 0.320 e. The van der Waals surface area contributed by atoms with E-state index >= 15 is 0 Å². The van der Waals surface area contributed by atoms with Crippen LogP contribution in [0.3, 0.4) is 0 Å². The van der Waals surface area contributed by atoms with Crippen molar-refractivity contribution in [1.29, 1.82) is 10.5 Å². The summed E-state index contributed by atoms with van der Waals surface area (Å²) >= 11 is 13.6. The number of nitrogens with one attached hydrogen (secondary N) is 2. The Labute approximate surface area is 414 Å². The van der Waals surface area contributed by atoms with Gasteiger partial charge in [-0.1, -0.05) is 35.3 Å². The number of pyridine rings is 2. The van der Waals surface area contributed by atoms with Gasteiger partial charge in [0.15, 0.2) is 0 Å². The Kier molecular flexibility index (Phi) is 18.5. The maximum Gasteiger partial charge on any atom is 0.320 e. The number of ether oxygens (including phenoxy) is 4. The van der Waals surface area contributed by atoms with Crippen molar-refractivity contribution in [3.8, 4) is 40.8 Å². The first kappa shape index (κ1) is 52.2. The highest BCUT2D eigenvalue weighted by Crippen LogP contribution is 2.37. The fourth-order valence-electron chi connectivity index (χ4n) is 7.57. The number of aryl methyl sites for hydroxylation is 1. The Hall–Kier alpha value is -7.22. The standard InChI is InChI=1S/C51H51Cl2N7O10/c1-30-11-40(29-70-49-17-47(68-27-36-13-34(19-55)21-57-23-36)39(15-42(49)53)25-59-44(8-10-62)51(65)66)32(3)60(30)45-6-4-5-37(31(45)2)28-69-48-16-46(67-26-35-12-33(18-54)20-56-22-35)38(14-41(48)52)24-58-43(7-9-61)50(63)64/h4-6,11-17,20-23,43-44,58-59,61-62H,7-10,24-29H2,1-3H3,(H,63,64)(H,65,66). The molecule has 0 saturated carbocycles. The summed E-state index contributed by atoms with van der Waals surface area (Å²) in [6.07, 6.45) is 6.05. The lowest BCUT2D eigenvalue weighted by atomic mass is 10.1. The zero-order valence-corrected chi connectivity index (χ0v) is 40.1. The molecule has 6 N–H and O–H groups in total. The average molecular weight is 993 g/mol. The first-order chi connectivity index (χ1) is 33.7. The van der Waals surface area contributed by atoms with Crippen LogP contribution in [-0.2, 0) is 49.1 Å². The van der Waals surface area contributed by atoms with E-state index in [9.17, 15) is 40.5 Å². The van der Waals surface area contributed by atoms with Gasteiger partial charge in [-0.15, -0.1) is 0 Å². The molecule has 17 nitrogen and oxygen atoms in total. The highest BCUT2D eigenvalue weighted by molar-refractivity contribution is 6.32. The first-order valence-electron chi connectivity index (χ1n) is 22.0. The monoisotopic (exact) mass is 991 g/mol. The zero-order chi connectivity index (χ0) is 50.3. The fourth-order valence-corrected chi connectivity index (χ4v) is 8.05. The summed E-state index contributed by atoms with van der Waals surface area (Å²) in [5.74, 6) is -0.857. The lowest BCUT2D eigenvalue weighted by molar-refractivity contribution is -0.140. The van der Waals surface area contributed by atoms with Crippen molar-refractivity contribution in [2.45, 2.75) is 85.2 Å². The van der Waals surface area contributed by atoms with Crippen LogP contribution in [0.2, 0.25) is 10.0 Å². The predicted molar refractivity (Wildman–Crippen MR) is 258 cm³/mol. The SMILES string of the molecule is Cc1c(COc2cc(OCc3cncc(C#N)c3)c(CNC(CCO)C(=O)O)cc2Cl)cccc1-n1c(C)cc(COc2cc(OCc3cncc(C#N)c3)c(CNC(CCO)C(=O)O)cc2Cl)c1C. The van der Waals surface area contributed by atoms with E-state index in [0.29, 0.717) is 56.4 Å². The Morgan fingerprint density at radius 2 is 1.11 bits per heavy atom. The van der Waals surface area contributed by atoms with Crippen molar-refractivity contribution in [1.82, 2.24) is 25.2 Å². The van der Waals surface area contributed by atoms with Gasteiger partial charge in [-0.3, -0.25) is 19.6 Å². The highest BCUT2D eigenvalue weighted by atomic mass is 35.5. The Bertz CT molecular complexity index is 2920. The maximum absolute atomic E-state index is 11.8. The number of aliphatic hydroxyl groups excluding tert-OH is 2. The van der Waals surface area contributed by atoms with Crippen LogP contribution < -0.4 is 29.6 Å². The number of nitriles is 2. The van der Waals surface area contributed by atoms with E-state index in [-0.39, 0.29) is 75.6 Å². The number of carboxylic acid groups (broad SMARTS) is 2. The van der Waals surface area contributed by atoms with Crippen LogP contribution in [0.5, 0.6) is 23.0 Å². The molecule has 19 heteroatoms. The predicted octanol–water partition coefficient (Wildman–Crippen LogP) is 7.41. The minimum atomic E-state index is -1.11. The number of carbonyl (C=O) groups is 2. The maximum atomic E-state index is 11.8. The van der Waals surface area contributed by atoms with Crippen molar-refractivity contribution in [3.05, 3.63) is 157 Å². The molecular weight excluding hydrogens is 942 g/mol. The molecular formula is C51H51Cl2N7O10. The summed E-state index contributed by atoms with van der Waals surface area (Å²) in [5.41, 5.74) is 8.55. The molecule has 3 aromatic heterocycles. The molecule has 6 aromatic rings. The van der Waals surface area contributed by atoms with Crippen LogP contribution in [-0.4, -0.2) is 72.2 Å². The third-order valence-electron chi connectivity index (χ3n) is 11.3. The second-order valence-corrected chi connectivity index (χ2v) is 17.0. The van der Waals surface area contributed by atoms with E-state index in [1.54, 1.807) is 48.8 Å². The third kappa shape index (κ3) is 13.5. The number of aliphatic hydroxyl groups is 2. The molecule has 0 saturated heterocycles. The zero-order valence-electron chi connectivity index (χ0n) is 38.5. The molecule has 70 heavy (non-hydrogen) atoms. The van der Waals surface area contributed by atoms with E-state index in [2.05, 4.69) is 37.3 Å². The number of carboxylic acids is 2. The summed E-state index contributed by atoms with van der Waals surface area (Å²) in [7, 11) is 0. The lowest BCUT2D eigenvalue weighted by Gasteiger charge is -2.19. The molecule has 0 fully saturated rings. The molecule has 0 amide bonds. The van der Waals surface area contributed by atoms with Crippen LogP contribution in [0.1, 0.15) is 74.3 Å². The van der Waals surface area contributed by atoms with Crippen molar-refractivity contribution in [2.24, 2.45) is 0 Å². The molecule has 3 heterocycles. The number of halogens is 2. The Morgan fingerprint density at radius 1 is 0.643 bits per heavy atom. The molecule has 2 unspecified atom stereocenters. The first-order valence-corrected chi connectivity index (χ1v) is 22.7. The van der Waals surface area contributed by atoms with E-state index in [1.807, 2.05) is 45.0 Å². The molecule has 2 atom stereocenters. The molecule has 6 rings (SSSR count). The topological polar surface area (TPSA) is 254 Å². The van der Waals surface area contributed by atoms with Gasteiger partial charge in [0.05, 0.1) is 21.2 Å². The highest BCUT2D eigenvalue weighted by Gasteiger charge is 2.22. The number of hydrogen-bond acceptors (Lipinski definition) is 14.